The average Bonchev–Trinajstić information content (AvgIpc) is 2.63. The van der Waals surface area contributed by atoms with Gasteiger partial charge in [-0.3, -0.25) is 0 Å². The number of fused-ring (bicyclic) bond motifs is 1. The molecule has 0 saturated heterocycles. The van der Waals surface area contributed by atoms with Gasteiger partial charge in [-0.1, -0.05) is 12.1 Å². The van der Waals surface area contributed by atoms with Crippen LogP contribution < -0.4 is 5.73 Å². The normalized spacial score (nSPS) is 13.3. The van der Waals surface area contributed by atoms with Gasteiger partial charge in [0.2, 0.25) is 0 Å². The summed E-state index contributed by atoms with van der Waals surface area (Å²) in [6, 6.07) is 6.07. The van der Waals surface area contributed by atoms with Crippen molar-refractivity contribution >= 4 is 10.9 Å². The smallest absolute Gasteiger partial charge is 0.0822 e. The van der Waals surface area contributed by atoms with Crippen molar-refractivity contribution in [1.82, 2.24) is 4.98 Å². The second-order valence-corrected chi connectivity index (χ2v) is 3.83. The molecular weight excluding hydrogens is 188 g/mol. The molecule has 0 spiro atoms. The number of H-pyrrole nitrogens is 1. The Hall–Kier alpha value is -1.32. The molecule has 0 amide bonds. The molecule has 0 aliphatic heterocycles. The Labute approximate surface area is 88.9 Å². The molecule has 0 bridgehead atoms. The van der Waals surface area contributed by atoms with Crippen LogP contribution in [0.25, 0.3) is 10.9 Å². The topological polar surface area (TPSA) is 62.0 Å². The van der Waals surface area contributed by atoms with Crippen molar-refractivity contribution in [2.24, 2.45) is 5.73 Å². The number of aliphatic hydroxyl groups excluding tert-OH is 1. The van der Waals surface area contributed by atoms with Gasteiger partial charge in [0.15, 0.2) is 0 Å². The minimum absolute atomic E-state index is 0.468. The number of aromatic nitrogens is 1. The number of aliphatic hydroxyl groups is 1. The van der Waals surface area contributed by atoms with Gasteiger partial charge in [0.05, 0.1) is 6.10 Å². The molecule has 1 aromatic carbocycles. The molecular formula is C12H16N2O. The Bertz CT molecular complexity index is 462. The van der Waals surface area contributed by atoms with E-state index in [1.807, 2.05) is 18.3 Å². The van der Waals surface area contributed by atoms with Gasteiger partial charge in [0, 0.05) is 22.7 Å². The van der Waals surface area contributed by atoms with Crippen LogP contribution in [0.1, 0.15) is 23.7 Å². The first-order valence-corrected chi connectivity index (χ1v) is 5.18. The first kappa shape index (κ1) is 10.2. The summed E-state index contributed by atoms with van der Waals surface area (Å²) in [7, 11) is 0. The summed E-state index contributed by atoms with van der Waals surface area (Å²) in [5.74, 6) is 0. The van der Waals surface area contributed by atoms with E-state index >= 15 is 0 Å². The summed E-state index contributed by atoms with van der Waals surface area (Å²) < 4.78 is 0. The largest absolute Gasteiger partial charge is 0.388 e. The monoisotopic (exact) mass is 204 g/mol. The second kappa shape index (κ2) is 4.04. The molecule has 15 heavy (non-hydrogen) atoms. The van der Waals surface area contributed by atoms with Crippen molar-refractivity contribution in [1.29, 1.82) is 0 Å². The predicted octanol–water partition coefficient (Wildman–Crippen LogP) is 1.86. The third-order valence-corrected chi connectivity index (χ3v) is 2.74. The van der Waals surface area contributed by atoms with Crippen LogP contribution in [-0.2, 0) is 0 Å². The van der Waals surface area contributed by atoms with Gasteiger partial charge < -0.3 is 15.8 Å². The van der Waals surface area contributed by atoms with Gasteiger partial charge in [-0.05, 0) is 31.5 Å². The fourth-order valence-corrected chi connectivity index (χ4v) is 1.98. The highest BCUT2D eigenvalue weighted by Gasteiger charge is 2.13. The second-order valence-electron chi connectivity index (χ2n) is 3.83. The number of nitrogens with one attached hydrogen (secondary N) is 1. The van der Waals surface area contributed by atoms with Crippen molar-refractivity contribution in [2.45, 2.75) is 19.4 Å². The summed E-state index contributed by atoms with van der Waals surface area (Å²) in [4.78, 5) is 3.17. The van der Waals surface area contributed by atoms with Crippen LogP contribution in [0.2, 0.25) is 0 Å². The highest BCUT2D eigenvalue weighted by molar-refractivity contribution is 5.86. The summed E-state index contributed by atoms with van der Waals surface area (Å²) in [6.07, 6.45) is 2.00. The zero-order valence-corrected chi connectivity index (χ0v) is 8.83. The van der Waals surface area contributed by atoms with Gasteiger partial charge in [0.25, 0.3) is 0 Å². The molecule has 0 saturated carbocycles. The zero-order valence-electron chi connectivity index (χ0n) is 8.83. The van der Waals surface area contributed by atoms with Crippen LogP contribution in [0.5, 0.6) is 0 Å². The maximum absolute atomic E-state index is 9.93. The Morgan fingerprint density at radius 3 is 3.00 bits per heavy atom. The molecule has 0 radical (unpaired) electrons. The van der Waals surface area contributed by atoms with E-state index in [0.29, 0.717) is 13.0 Å². The molecule has 0 aliphatic rings. The maximum atomic E-state index is 9.93. The Kier molecular flexibility index (Phi) is 2.75. The number of aromatic amines is 1. The summed E-state index contributed by atoms with van der Waals surface area (Å²) in [5.41, 5.74) is 8.65. The van der Waals surface area contributed by atoms with Gasteiger partial charge in [-0.15, -0.1) is 0 Å². The average molecular weight is 204 g/mol. The molecule has 3 nitrogen and oxygen atoms in total. The van der Waals surface area contributed by atoms with Gasteiger partial charge >= 0.3 is 0 Å². The molecule has 1 aromatic heterocycles. The third-order valence-electron chi connectivity index (χ3n) is 2.74. The molecule has 0 fully saturated rings. The van der Waals surface area contributed by atoms with Crippen molar-refractivity contribution in [3.05, 3.63) is 35.5 Å². The van der Waals surface area contributed by atoms with Gasteiger partial charge in [-0.2, -0.15) is 0 Å². The molecule has 1 heterocycles. The third kappa shape index (κ3) is 1.76. The highest BCUT2D eigenvalue weighted by atomic mass is 16.3. The predicted molar refractivity (Wildman–Crippen MR) is 61.7 cm³/mol. The van der Waals surface area contributed by atoms with Crippen molar-refractivity contribution in [3.8, 4) is 0 Å². The number of rotatable bonds is 3. The Morgan fingerprint density at radius 1 is 1.47 bits per heavy atom. The molecule has 0 aliphatic carbocycles. The van der Waals surface area contributed by atoms with Crippen LogP contribution >= 0.6 is 0 Å². The fourth-order valence-electron chi connectivity index (χ4n) is 1.98. The summed E-state index contributed by atoms with van der Waals surface area (Å²) >= 11 is 0. The van der Waals surface area contributed by atoms with E-state index in [9.17, 15) is 5.11 Å². The zero-order chi connectivity index (χ0) is 10.8. The Balaban J connectivity index is 2.52. The standard InChI is InChI=1S/C12H16N2O/c1-8-3-2-4-10-12(8)9(7-14-10)11(15)5-6-13/h2-4,7,11,14-15H,5-6,13H2,1H3. The van der Waals surface area contributed by atoms with Gasteiger partial charge in [0.1, 0.15) is 0 Å². The van der Waals surface area contributed by atoms with E-state index < -0.39 is 6.10 Å². The van der Waals surface area contributed by atoms with E-state index in [1.165, 1.54) is 5.56 Å². The minimum atomic E-state index is -0.468. The van der Waals surface area contributed by atoms with Crippen molar-refractivity contribution in [2.75, 3.05) is 6.54 Å². The molecule has 2 rings (SSSR count). The highest BCUT2D eigenvalue weighted by Crippen LogP contribution is 2.28. The molecule has 3 heteroatoms. The number of benzene rings is 1. The van der Waals surface area contributed by atoms with E-state index in [-0.39, 0.29) is 0 Å². The lowest BCUT2D eigenvalue weighted by molar-refractivity contribution is 0.172. The number of hydrogen-bond donors (Lipinski definition) is 3. The van der Waals surface area contributed by atoms with E-state index in [4.69, 9.17) is 5.73 Å². The van der Waals surface area contributed by atoms with Crippen LogP contribution in [0, 0.1) is 6.92 Å². The SMILES string of the molecule is Cc1cccc2[nH]cc(C(O)CCN)c12. The molecule has 1 unspecified atom stereocenters. The number of nitrogens with two attached hydrogens (primary N) is 1. The van der Waals surface area contributed by atoms with Crippen molar-refractivity contribution < 1.29 is 5.11 Å². The molecule has 80 valence electrons. The number of aryl methyl sites for hydroxylation is 1. The van der Waals surface area contributed by atoms with Crippen LogP contribution in [0.3, 0.4) is 0 Å². The van der Waals surface area contributed by atoms with Crippen LogP contribution in [-0.4, -0.2) is 16.6 Å². The lowest BCUT2D eigenvalue weighted by Crippen LogP contribution is -2.06. The lowest BCUT2D eigenvalue weighted by Gasteiger charge is -2.08. The summed E-state index contributed by atoms with van der Waals surface area (Å²) in [6.45, 7) is 2.55. The van der Waals surface area contributed by atoms with E-state index in [0.717, 1.165) is 16.5 Å². The fraction of sp³-hybridized carbons (Fsp3) is 0.333. The lowest BCUT2D eigenvalue weighted by atomic mass is 10.0. The molecule has 2 aromatic rings. The molecule has 1 atom stereocenters. The quantitative estimate of drug-likeness (QED) is 0.714. The number of hydrogen-bond acceptors (Lipinski definition) is 2. The Morgan fingerprint density at radius 2 is 2.27 bits per heavy atom. The maximum Gasteiger partial charge on any atom is 0.0822 e. The van der Waals surface area contributed by atoms with Crippen LogP contribution in [0.15, 0.2) is 24.4 Å². The molecule has 4 N–H and O–H groups in total. The summed E-state index contributed by atoms with van der Waals surface area (Å²) in [5, 5.41) is 11.1. The first-order valence-electron chi connectivity index (χ1n) is 5.18. The van der Waals surface area contributed by atoms with Crippen molar-refractivity contribution in [3.63, 3.8) is 0 Å². The van der Waals surface area contributed by atoms with Crippen LogP contribution in [0.4, 0.5) is 0 Å². The minimum Gasteiger partial charge on any atom is -0.388 e. The van der Waals surface area contributed by atoms with Gasteiger partial charge in [-0.25, -0.2) is 0 Å². The first-order chi connectivity index (χ1) is 7.24. The van der Waals surface area contributed by atoms with E-state index in [1.54, 1.807) is 0 Å². The van der Waals surface area contributed by atoms with E-state index in [2.05, 4.69) is 18.0 Å².